The van der Waals surface area contributed by atoms with E-state index >= 15 is 0 Å². The fourth-order valence-electron chi connectivity index (χ4n) is 4.61. The molecule has 0 radical (unpaired) electrons. The summed E-state index contributed by atoms with van der Waals surface area (Å²) in [6.07, 6.45) is 2.05. The lowest BCUT2D eigenvalue weighted by atomic mass is 10.0. The van der Waals surface area contributed by atoms with E-state index in [9.17, 15) is 0 Å². The van der Waals surface area contributed by atoms with Crippen molar-refractivity contribution in [1.82, 2.24) is 9.97 Å². The number of benzene rings is 2. The summed E-state index contributed by atoms with van der Waals surface area (Å²) < 4.78 is 0. The van der Waals surface area contributed by atoms with Gasteiger partial charge in [-0.05, 0) is 57.2 Å². The molecule has 2 heterocycles. The van der Waals surface area contributed by atoms with Gasteiger partial charge in [0.15, 0.2) is 0 Å². The van der Waals surface area contributed by atoms with Crippen LogP contribution in [0.2, 0.25) is 0 Å². The summed E-state index contributed by atoms with van der Waals surface area (Å²) in [6.45, 7) is 11.8. The Bertz CT molecular complexity index is 1000. The van der Waals surface area contributed by atoms with E-state index in [2.05, 4.69) is 87.3 Å². The zero-order valence-electron chi connectivity index (χ0n) is 18.1. The van der Waals surface area contributed by atoms with Crippen molar-refractivity contribution >= 4 is 17.5 Å². The molecule has 0 saturated carbocycles. The van der Waals surface area contributed by atoms with Crippen LogP contribution in [-0.2, 0) is 6.42 Å². The van der Waals surface area contributed by atoms with Gasteiger partial charge in [0.05, 0.1) is 6.04 Å². The zero-order chi connectivity index (χ0) is 20.5. The first-order chi connectivity index (χ1) is 14.0. The first kappa shape index (κ1) is 19.4. The van der Waals surface area contributed by atoms with E-state index in [0.717, 1.165) is 36.6 Å². The van der Waals surface area contributed by atoms with E-state index in [4.69, 9.17) is 9.97 Å². The highest BCUT2D eigenvalue weighted by molar-refractivity contribution is 5.66. The lowest BCUT2D eigenvalue weighted by molar-refractivity contribution is 0.616. The molecule has 1 unspecified atom stereocenters. The van der Waals surface area contributed by atoms with Gasteiger partial charge >= 0.3 is 0 Å². The van der Waals surface area contributed by atoms with Crippen LogP contribution in [0.15, 0.2) is 42.5 Å². The standard InChI is InChI=1S/C25H30N4/c1-6-22(20-10-8-7-9-11-20)29-13-12-21-19(5)26-25(28-24(21)29)27-23-17(3)14-16(2)15-18(23)4/h7-11,14-15,22H,6,12-13H2,1-5H3,(H,26,27,28). The molecule has 0 fully saturated rings. The fourth-order valence-corrected chi connectivity index (χ4v) is 4.61. The van der Waals surface area contributed by atoms with Gasteiger partial charge < -0.3 is 10.2 Å². The third kappa shape index (κ3) is 3.71. The Balaban J connectivity index is 1.71. The maximum Gasteiger partial charge on any atom is 0.229 e. The molecule has 29 heavy (non-hydrogen) atoms. The molecule has 0 bridgehead atoms. The number of hydrogen-bond donors (Lipinski definition) is 1. The number of nitrogens with zero attached hydrogens (tertiary/aromatic N) is 3. The van der Waals surface area contributed by atoms with Gasteiger partial charge in [-0.3, -0.25) is 0 Å². The number of anilines is 3. The molecule has 1 atom stereocenters. The Kier molecular flexibility index (Phi) is 5.27. The van der Waals surface area contributed by atoms with Crippen LogP contribution < -0.4 is 10.2 Å². The molecule has 1 N–H and O–H groups in total. The maximum absolute atomic E-state index is 4.99. The Hall–Kier alpha value is -2.88. The topological polar surface area (TPSA) is 41.1 Å². The first-order valence-electron chi connectivity index (χ1n) is 10.5. The lowest BCUT2D eigenvalue weighted by Gasteiger charge is -2.29. The number of nitrogens with one attached hydrogen (secondary N) is 1. The van der Waals surface area contributed by atoms with Gasteiger partial charge in [0.2, 0.25) is 5.95 Å². The van der Waals surface area contributed by atoms with E-state index < -0.39 is 0 Å². The Morgan fingerprint density at radius 3 is 2.34 bits per heavy atom. The van der Waals surface area contributed by atoms with E-state index in [-0.39, 0.29) is 0 Å². The van der Waals surface area contributed by atoms with Crippen molar-refractivity contribution in [2.24, 2.45) is 0 Å². The van der Waals surface area contributed by atoms with Crippen molar-refractivity contribution in [3.8, 4) is 0 Å². The molecule has 0 spiro atoms. The second-order valence-corrected chi connectivity index (χ2v) is 8.11. The molecule has 1 aliphatic rings. The zero-order valence-corrected chi connectivity index (χ0v) is 18.1. The van der Waals surface area contributed by atoms with Crippen molar-refractivity contribution < 1.29 is 0 Å². The largest absolute Gasteiger partial charge is 0.349 e. The lowest BCUT2D eigenvalue weighted by Crippen LogP contribution is -2.27. The van der Waals surface area contributed by atoms with Gasteiger partial charge in [0.25, 0.3) is 0 Å². The third-order valence-corrected chi connectivity index (χ3v) is 5.93. The van der Waals surface area contributed by atoms with Crippen LogP contribution in [0.25, 0.3) is 0 Å². The highest BCUT2D eigenvalue weighted by Gasteiger charge is 2.29. The van der Waals surface area contributed by atoms with Crippen LogP contribution >= 0.6 is 0 Å². The maximum atomic E-state index is 4.99. The van der Waals surface area contributed by atoms with E-state index in [0.29, 0.717) is 12.0 Å². The molecule has 4 rings (SSSR count). The van der Waals surface area contributed by atoms with Crippen LogP contribution in [0.4, 0.5) is 17.5 Å². The predicted octanol–water partition coefficient (Wildman–Crippen LogP) is 5.97. The minimum atomic E-state index is 0.336. The van der Waals surface area contributed by atoms with Crippen LogP contribution in [-0.4, -0.2) is 16.5 Å². The SMILES string of the molecule is CCC(c1ccccc1)N1CCc2c(C)nc(Nc3c(C)cc(C)cc3C)nc21. The second kappa shape index (κ2) is 7.86. The average molecular weight is 387 g/mol. The number of fused-ring (bicyclic) bond motifs is 1. The number of aromatic nitrogens is 2. The van der Waals surface area contributed by atoms with Crippen molar-refractivity contribution in [3.05, 3.63) is 76.0 Å². The van der Waals surface area contributed by atoms with Crippen molar-refractivity contribution in [2.75, 3.05) is 16.8 Å². The molecular weight excluding hydrogens is 356 g/mol. The fraction of sp³-hybridized carbons (Fsp3) is 0.360. The van der Waals surface area contributed by atoms with E-state index in [1.165, 1.54) is 27.8 Å². The summed E-state index contributed by atoms with van der Waals surface area (Å²) in [4.78, 5) is 12.2. The van der Waals surface area contributed by atoms with Gasteiger partial charge in [-0.2, -0.15) is 4.98 Å². The molecular formula is C25H30N4. The van der Waals surface area contributed by atoms with E-state index in [1.807, 2.05) is 0 Å². The quantitative estimate of drug-likeness (QED) is 0.587. The van der Waals surface area contributed by atoms with Crippen molar-refractivity contribution in [2.45, 2.75) is 53.5 Å². The molecule has 1 aliphatic heterocycles. The molecule has 0 amide bonds. The highest BCUT2D eigenvalue weighted by atomic mass is 15.3. The summed E-state index contributed by atoms with van der Waals surface area (Å²) in [5.41, 5.74) is 8.52. The summed E-state index contributed by atoms with van der Waals surface area (Å²) in [5, 5.41) is 3.51. The normalized spacial score (nSPS) is 14.0. The number of aryl methyl sites for hydroxylation is 4. The molecule has 0 saturated heterocycles. The van der Waals surface area contributed by atoms with Crippen molar-refractivity contribution in [3.63, 3.8) is 0 Å². The summed E-state index contributed by atoms with van der Waals surface area (Å²) >= 11 is 0. The smallest absolute Gasteiger partial charge is 0.229 e. The molecule has 3 aromatic rings. The summed E-state index contributed by atoms with van der Waals surface area (Å²) in [5.74, 6) is 1.77. The number of rotatable bonds is 5. The van der Waals surface area contributed by atoms with E-state index in [1.54, 1.807) is 0 Å². The molecule has 0 aliphatic carbocycles. The van der Waals surface area contributed by atoms with Crippen LogP contribution in [0, 0.1) is 27.7 Å². The van der Waals surface area contributed by atoms with Crippen LogP contribution in [0.3, 0.4) is 0 Å². The minimum Gasteiger partial charge on any atom is -0.349 e. The predicted molar refractivity (Wildman–Crippen MR) is 121 cm³/mol. The van der Waals surface area contributed by atoms with Crippen LogP contribution in [0.5, 0.6) is 0 Å². The molecule has 2 aromatic carbocycles. The Labute approximate surface area is 174 Å². The molecule has 150 valence electrons. The number of hydrogen-bond acceptors (Lipinski definition) is 4. The molecule has 4 nitrogen and oxygen atoms in total. The Morgan fingerprint density at radius 2 is 1.69 bits per heavy atom. The van der Waals surface area contributed by atoms with Crippen molar-refractivity contribution in [1.29, 1.82) is 0 Å². The third-order valence-electron chi connectivity index (χ3n) is 5.93. The minimum absolute atomic E-state index is 0.336. The summed E-state index contributed by atoms with van der Waals surface area (Å²) in [7, 11) is 0. The second-order valence-electron chi connectivity index (χ2n) is 8.11. The van der Waals surface area contributed by atoms with Gasteiger partial charge in [0, 0.05) is 23.5 Å². The molecule has 4 heteroatoms. The van der Waals surface area contributed by atoms with Gasteiger partial charge in [-0.25, -0.2) is 4.98 Å². The van der Waals surface area contributed by atoms with Gasteiger partial charge in [0.1, 0.15) is 5.82 Å². The summed E-state index contributed by atoms with van der Waals surface area (Å²) in [6, 6.07) is 15.5. The highest BCUT2D eigenvalue weighted by Crippen LogP contribution is 2.37. The average Bonchev–Trinajstić information content (AvgIpc) is 3.11. The monoisotopic (exact) mass is 386 g/mol. The van der Waals surface area contributed by atoms with Gasteiger partial charge in [-0.15, -0.1) is 0 Å². The Morgan fingerprint density at radius 1 is 1.00 bits per heavy atom. The first-order valence-corrected chi connectivity index (χ1v) is 10.5. The molecule has 1 aromatic heterocycles. The van der Waals surface area contributed by atoms with Gasteiger partial charge in [-0.1, -0.05) is 55.0 Å². The van der Waals surface area contributed by atoms with Crippen LogP contribution in [0.1, 0.15) is 52.9 Å².